The second kappa shape index (κ2) is 4.75. The van der Waals surface area contributed by atoms with Gasteiger partial charge in [0.2, 0.25) is 0 Å². The summed E-state index contributed by atoms with van der Waals surface area (Å²) in [7, 11) is 0. The van der Waals surface area contributed by atoms with Crippen LogP contribution in [0.25, 0.3) is 0 Å². The van der Waals surface area contributed by atoms with Crippen LogP contribution in [-0.4, -0.2) is 15.8 Å². The highest BCUT2D eigenvalue weighted by Crippen LogP contribution is 2.08. The van der Waals surface area contributed by atoms with Crippen LogP contribution in [-0.2, 0) is 13.0 Å². The third kappa shape index (κ3) is 2.19. The summed E-state index contributed by atoms with van der Waals surface area (Å²) in [5, 5.41) is 0. The highest BCUT2D eigenvalue weighted by Gasteiger charge is 2.01. The summed E-state index contributed by atoms with van der Waals surface area (Å²) in [5.74, 6) is 0. The van der Waals surface area contributed by atoms with Crippen molar-refractivity contribution in [1.29, 1.82) is 0 Å². The summed E-state index contributed by atoms with van der Waals surface area (Å²) in [5.41, 5.74) is 3.11. The van der Waals surface area contributed by atoms with E-state index in [-0.39, 0.29) is 0 Å². The second-order valence-electron chi connectivity index (χ2n) is 3.73. The van der Waals surface area contributed by atoms with E-state index in [9.17, 15) is 4.79 Å². The maximum absolute atomic E-state index is 10.7. The van der Waals surface area contributed by atoms with E-state index in [0.29, 0.717) is 12.2 Å². The van der Waals surface area contributed by atoms with Crippen LogP contribution in [0.1, 0.15) is 28.5 Å². The van der Waals surface area contributed by atoms with Gasteiger partial charge in [-0.1, -0.05) is 31.2 Å². The van der Waals surface area contributed by atoms with E-state index in [1.165, 1.54) is 11.1 Å². The lowest BCUT2D eigenvalue weighted by Gasteiger charge is -2.05. The molecule has 0 atom stereocenters. The molecule has 0 N–H and O–H groups in total. The average Bonchev–Trinajstić information content (AvgIpc) is 2.77. The molecule has 0 fully saturated rings. The summed E-state index contributed by atoms with van der Waals surface area (Å²) in [6, 6.07) is 8.42. The third-order valence-electron chi connectivity index (χ3n) is 2.65. The summed E-state index contributed by atoms with van der Waals surface area (Å²) in [6.45, 7) is 2.83. The molecule has 0 aliphatic rings. The van der Waals surface area contributed by atoms with Crippen molar-refractivity contribution in [3.8, 4) is 0 Å². The average molecular weight is 214 g/mol. The van der Waals surface area contributed by atoms with Crippen molar-refractivity contribution >= 4 is 6.29 Å². The molecule has 1 aromatic heterocycles. The molecule has 0 radical (unpaired) electrons. The van der Waals surface area contributed by atoms with Crippen LogP contribution in [0.4, 0.5) is 0 Å². The molecule has 3 heteroatoms. The highest BCUT2D eigenvalue weighted by molar-refractivity contribution is 5.71. The van der Waals surface area contributed by atoms with Gasteiger partial charge in [0.15, 0.2) is 6.29 Å². The Hall–Kier alpha value is -1.90. The molecule has 0 amide bonds. The lowest BCUT2D eigenvalue weighted by Crippen LogP contribution is -2.02. The molecule has 2 aromatic rings. The fraction of sp³-hybridized carbons (Fsp3) is 0.231. The molecule has 82 valence electrons. The minimum Gasteiger partial charge on any atom is -0.324 e. The molecule has 0 unspecified atom stereocenters. The number of aromatic nitrogens is 2. The van der Waals surface area contributed by atoms with Crippen molar-refractivity contribution < 1.29 is 4.79 Å². The molecular weight excluding hydrogens is 200 g/mol. The Bertz CT molecular complexity index is 471. The predicted octanol–water partition coefficient (Wildman–Crippen LogP) is 2.31. The smallest absolute Gasteiger partial charge is 0.168 e. The van der Waals surface area contributed by atoms with Crippen molar-refractivity contribution in [2.45, 2.75) is 19.9 Å². The van der Waals surface area contributed by atoms with E-state index >= 15 is 0 Å². The molecule has 3 nitrogen and oxygen atoms in total. The fourth-order valence-corrected chi connectivity index (χ4v) is 1.64. The van der Waals surface area contributed by atoms with Crippen molar-refractivity contribution in [2.75, 3.05) is 0 Å². The van der Waals surface area contributed by atoms with E-state index in [4.69, 9.17) is 0 Å². The van der Waals surface area contributed by atoms with E-state index in [1.54, 1.807) is 12.5 Å². The molecule has 1 heterocycles. The van der Waals surface area contributed by atoms with E-state index in [2.05, 4.69) is 36.2 Å². The minimum atomic E-state index is 0.611. The van der Waals surface area contributed by atoms with Gasteiger partial charge < -0.3 is 4.57 Å². The molecule has 1 aromatic carbocycles. The first-order valence-electron chi connectivity index (χ1n) is 5.36. The molecule has 0 saturated heterocycles. The van der Waals surface area contributed by atoms with Gasteiger partial charge >= 0.3 is 0 Å². The zero-order chi connectivity index (χ0) is 11.4. The van der Waals surface area contributed by atoms with Gasteiger partial charge in [0.1, 0.15) is 5.69 Å². The molecule has 0 saturated carbocycles. The Morgan fingerprint density at radius 3 is 2.56 bits per heavy atom. The monoisotopic (exact) mass is 214 g/mol. The Balaban J connectivity index is 2.17. The molecule has 0 aliphatic carbocycles. The number of hydrogen-bond donors (Lipinski definition) is 0. The summed E-state index contributed by atoms with van der Waals surface area (Å²) in [4.78, 5) is 14.7. The van der Waals surface area contributed by atoms with E-state index in [0.717, 1.165) is 12.7 Å². The second-order valence-corrected chi connectivity index (χ2v) is 3.73. The van der Waals surface area contributed by atoms with Crippen LogP contribution >= 0.6 is 0 Å². The van der Waals surface area contributed by atoms with Gasteiger partial charge in [-0.05, 0) is 17.5 Å². The third-order valence-corrected chi connectivity index (χ3v) is 2.65. The number of nitrogens with zero attached hydrogens (tertiary/aromatic N) is 2. The number of hydrogen-bond acceptors (Lipinski definition) is 2. The zero-order valence-corrected chi connectivity index (χ0v) is 9.26. The number of carbonyl (C=O) groups excluding carboxylic acids is 1. The number of aryl methyl sites for hydroxylation is 1. The molecule has 16 heavy (non-hydrogen) atoms. The quantitative estimate of drug-likeness (QED) is 0.732. The summed E-state index contributed by atoms with van der Waals surface area (Å²) in [6.07, 6.45) is 5.13. The van der Waals surface area contributed by atoms with Crippen LogP contribution in [0.5, 0.6) is 0 Å². The van der Waals surface area contributed by atoms with Gasteiger partial charge in [-0.15, -0.1) is 0 Å². The van der Waals surface area contributed by atoms with Gasteiger partial charge in [0.25, 0.3) is 0 Å². The molecule has 0 spiro atoms. The molecule has 0 aliphatic heterocycles. The van der Waals surface area contributed by atoms with Crippen molar-refractivity contribution in [1.82, 2.24) is 9.55 Å². The number of rotatable bonds is 4. The summed E-state index contributed by atoms with van der Waals surface area (Å²) >= 11 is 0. The zero-order valence-electron chi connectivity index (χ0n) is 9.26. The first-order valence-corrected chi connectivity index (χ1v) is 5.36. The van der Waals surface area contributed by atoms with Crippen LogP contribution in [0.2, 0.25) is 0 Å². The van der Waals surface area contributed by atoms with E-state index < -0.39 is 0 Å². The maximum Gasteiger partial charge on any atom is 0.168 e. The lowest BCUT2D eigenvalue weighted by molar-refractivity contribution is 0.111. The van der Waals surface area contributed by atoms with Gasteiger partial charge in [-0.2, -0.15) is 0 Å². The normalized spacial score (nSPS) is 10.3. The Morgan fingerprint density at radius 2 is 1.94 bits per heavy atom. The van der Waals surface area contributed by atoms with E-state index in [1.807, 2.05) is 4.57 Å². The Kier molecular flexibility index (Phi) is 3.15. The van der Waals surface area contributed by atoms with Crippen LogP contribution < -0.4 is 0 Å². The summed E-state index contributed by atoms with van der Waals surface area (Å²) < 4.78 is 1.84. The van der Waals surface area contributed by atoms with Crippen molar-refractivity contribution in [2.24, 2.45) is 0 Å². The van der Waals surface area contributed by atoms with Crippen LogP contribution in [0.3, 0.4) is 0 Å². The first kappa shape index (κ1) is 10.6. The van der Waals surface area contributed by atoms with Gasteiger partial charge in [0.05, 0.1) is 12.5 Å². The fourth-order valence-electron chi connectivity index (χ4n) is 1.64. The lowest BCUT2D eigenvalue weighted by atomic mass is 10.1. The number of carbonyl (C=O) groups is 1. The molecule has 0 bridgehead atoms. The standard InChI is InChI=1S/C13H14N2O/c1-2-11-3-5-12(6-4-11)8-15-10-14-7-13(15)9-16/h3-7,9-10H,2,8H2,1H3. The first-order chi connectivity index (χ1) is 7.83. The van der Waals surface area contributed by atoms with Crippen LogP contribution in [0, 0.1) is 0 Å². The number of benzene rings is 1. The van der Waals surface area contributed by atoms with Gasteiger partial charge in [0, 0.05) is 6.54 Å². The van der Waals surface area contributed by atoms with Crippen molar-refractivity contribution in [3.05, 3.63) is 53.6 Å². The topological polar surface area (TPSA) is 34.9 Å². The Labute approximate surface area is 94.7 Å². The van der Waals surface area contributed by atoms with Crippen molar-refractivity contribution in [3.63, 3.8) is 0 Å². The maximum atomic E-state index is 10.7. The van der Waals surface area contributed by atoms with Crippen LogP contribution in [0.15, 0.2) is 36.8 Å². The largest absolute Gasteiger partial charge is 0.324 e. The van der Waals surface area contributed by atoms with Gasteiger partial charge in [-0.25, -0.2) is 4.98 Å². The Morgan fingerprint density at radius 1 is 1.25 bits per heavy atom. The minimum absolute atomic E-state index is 0.611. The molecular formula is C13H14N2O. The predicted molar refractivity (Wildman–Crippen MR) is 62.5 cm³/mol. The number of aldehydes is 1. The SMILES string of the molecule is CCc1ccc(Cn2cncc2C=O)cc1. The van der Waals surface area contributed by atoms with Gasteiger partial charge in [-0.3, -0.25) is 4.79 Å². The highest BCUT2D eigenvalue weighted by atomic mass is 16.1. The number of imidazole rings is 1. The molecule has 2 rings (SSSR count).